The first-order chi connectivity index (χ1) is 20.8. The number of carbonyl (C=O) groups is 2. The number of nitro groups is 1. The number of nitro benzene ring substituents is 1. The van der Waals surface area contributed by atoms with Crippen molar-refractivity contribution in [3.8, 4) is 22.8 Å². The average Bonchev–Trinajstić information content (AvgIpc) is 3.03. The van der Waals surface area contributed by atoms with Gasteiger partial charge in [-0.25, -0.2) is 9.78 Å². The van der Waals surface area contributed by atoms with E-state index in [0.717, 1.165) is 11.1 Å². The molecule has 0 saturated carbocycles. The Labute approximate surface area is 247 Å². The summed E-state index contributed by atoms with van der Waals surface area (Å²) in [5.41, 5.74) is 3.43. The van der Waals surface area contributed by atoms with Gasteiger partial charge in [-0.1, -0.05) is 48.5 Å². The molecule has 216 valence electrons. The van der Waals surface area contributed by atoms with Crippen LogP contribution < -0.4 is 14.8 Å². The van der Waals surface area contributed by atoms with Crippen LogP contribution in [0.15, 0.2) is 97.1 Å². The first kappa shape index (κ1) is 28.7. The number of methoxy groups -OCH3 is 1. The lowest BCUT2D eigenvalue weighted by atomic mass is 9.97. The van der Waals surface area contributed by atoms with Crippen LogP contribution in [0.5, 0.6) is 11.5 Å². The lowest BCUT2D eigenvalue weighted by molar-refractivity contribution is -0.383. The van der Waals surface area contributed by atoms with Gasteiger partial charge in [0.2, 0.25) is 0 Å². The molecule has 0 aliphatic rings. The van der Waals surface area contributed by atoms with Crippen molar-refractivity contribution in [2.45, 2.75) is 13.5 Å². The van der Waals surface area contributed by atoms with Crippen LogP contribution in [0.2, 0.25) is 0 Å². The molecule has 0 spiro atoms. The Balaban J connectivity index is 1.35. The summed E-state index contributed by atoms with van der Waals surface area (Å²) in [4.78, 5) is 41.6. The molecule has 10 heteroatoms. The predicted molar refractivity (Wildman–Crippen MR) is 161 cm³/mol. The van der Waals surface area contributed by atoms with E-state index in [4.69, 9.17) is 19.2 Å². The third-order valence-corrected chi connectivity index (χ3v) is 6.72. The number of carbonyl (C=O) groups excluding carboxylic acids is 2. The van der Waals surface area contributed by atoms with Crippen molar-refractivity contribution in [1.82, 2.24) is 4.98 Å². The van der Waals surface area contributed by atoms with Crippen LogP contribution in [0.1, 0.15) is 21.5 Å². The van der Waals surface area contributed by atoms with Crippen molar-refractivity contribution < 1.29 is 28.7 Å². The molecule has 1 aromatic heterocycles. The minimum Gasteiger partial charge on any atom is -0.497 e. The van der Waals surface area contributed by atoms with Crippen LogP contribution >= 0.6 is 0 Å². The smallest absolute Gasteiger partial charge is 0.339 e. The highest BCUT2D eigenvalue weighted by molar-refractivity contribution is 6.07. The molecule has 43 heavy (non-hydrogen) atoms. The number of aromatic nitrogens is 1. The van der Waals surface area contributed by atoms with Gasteiger partial charge in [0, 0.05) is 23.1 Å². The van der Waals surface area contributed by atoms with Crippen molar-refractivity contribution in [3.05, 3.63) is 124 Å². The van der Waals surface area contributed by atoms with E-state index < -0.39 is 23.4 Å². The summed E-state index contributed by atoms with van der Waals surface area (Å²) in [5.74, 6) is -0.462. The van der Waals surface area contributed by atoms with E-state index in [-0.39, 0.29) is 16.9 Å². The summed E-state index contributed by atoms with van der Waals surface area (Å²) in [7, 11) is 1.40. The average molecular weight is 578 g/mol. The van der Waals surface area contributed by atoms with Gasteiger partial charge in [0.15, 0.2) is 6.61 Å². The third-order valence-electron chi connectivity index (χ3n) is 6.72. The van der Waals surface area contributed by atoms with Crippen molar-refractivity contribution in [2.24, 2.45) is 0 Å². The minimum absolute atomic E-state index is 0.0746. The molecule has 0 fully saturated rings. The number of amides is 1. The Morgan fingerprint density at radius 1 is 0.907 bits per heavy atom. The van der Waals surface area contributed by atoms with E-state index in [1.54, 1.807) is 25.1 Å². The van der Waals surface area contributed by atoms with Gasteiger partial charge in [0.05, 0.1) is 28.8 Å². The predicted octanol–water partition coefficient (Wildman–Crippen LogP) is 6.50. The number of fused-ring (bicyclic) bond motifs is 1. The molecule has 4 aromatic carbocycles. The van der Waals surface area contributed by atoms with Gasteiger partial charge in [-0.2, -0.15) is 0 Å². The fraction of sp³-hybridized carbons (Fsp3) is 0.121. The molecule has 10 nitrogen and oxygen atoms in total. The van der Waals surface area contributed by atoms with Gasteiger partial charge in [-0.05, 0) is 54.4 Å². The van der Waals surface area contributed by atoms with E-state index >= 15 is 0 Å². The summed E-state index contributed by atoms with van der Waals surface area (Å²) >= 11 is 0. The second-order valence-corrected chi connectivity index (χ2v) is 9.54. The normalized spacial score (nSPS) is 10.7. The number of hydrogen-bond donors (Lipinski definition) is 1. The third kappa shape index (κ3) is 6.59. The number of benzene rings is 4. The summed E-state index contributed by atoms with van der Waals surface area (Å²) in [5, 5.41) is 14.4. The fourth-order valence-corrected chi connectivity index (χ4v) is 4.59. The summed E-state index contributed by atoms with van der Waals surface area (Å²) < 4.78 is 16.4. The Hall–Kier alpha value is -5.77. The van der Waals surface area contributed by atoms with E-state index in [0.29, 0.717) is 40.3 Å². The summed E-state index contributed by atoms with van der Waals surface area (Å²) in [6, 6.07) is 28.4. The van der Waals surface area contributed by atoms with Crippen LogP contribution in [-0.4, -0.2) is 35.5 Å². The second-order valence-electron chi connectivity index (χ2n) is 9.54. The second kappa shape index (κ2) is 12.8. The Bertz CT molecular complexity index is 1810. The largest absolute Gasteiger partial charge is 0.497 e. The minimum atomic E-state index is -0.743. The number of pyridine rings is 1. The number of nitrogens with zero attached hydrogens (tertiary/aromatic N) is 2. The Kier molecular flexibility index (Phi) is 8.57. The Morgan fingerprint density at radius 2 is 1.60 bits per heavy atom. The standard InChI is InChI=1S/C33H27N3O7/c1-21-31(33(38)43-20-30(37)34-28-18-25(41-2)16-17-29(28)36(39)40)26-10-6-7-11-27(26)35-32(21)23-12-14-24(15-13-23)42-19-22-8-4-3-5-9-22/h3-18H,19-20H2,1-2H3,(H,34,37). The maximum absolute atomic E-state index is 13.4. The van der Waals surface area contributed by atoms with Gasteiger partial charge in [-0.15, -0.1) is 0 Å². The maximum Gasteiger partial charge on any atom is 0.339 e. The van der Waals surface area contributed by atoms with Crippen molar-refractivity contribution in [1.29, 1.82) is 0 Å². The molecule has 0 saturated heterocycles. The monoisotopic (exact) mass is 577 g/mol. The molecule has 5 aromatic rings. The van der Waals surface area contributed by atoms with Crippen LogP contribution in [0.25, 0.3) is 22.2 Å². The highest BCUT2D eigenvalue weighted by Gasteiger charge is 2.22. The molecular formula is C33H27N3O7. The van der Waals surface area contributed by atoms with Crippen LogP contribution in [0.3, 0.4) is 0 Å². The molecule has 5 rings (SSSR count). The molecule has 0 atom stereocenters. The van der Waals surface area contributed by atoms with Crippen molar-refractivity contribution in [3.63, 3.8) is 0 Å². The van der Waals surface area contributed by atoms with Gasteiger partial charge >= 0.3 is 5.97 Å². The topological polar surface area (TPSA) is 130 Å². The van der Waals surface area contributed by atoms with Gasteiger partial charge in [0.25, 0.3) is 11.6 Å². The lowest BCUT2D eigenvalue weighted by Crippen LogP contribution is -2.22. The summed E-state index contributed by atoms with van der Waals surface area (Å²) in [6.07, 6.45) is 0. The van der Waals surface area contributed by atoms with E-state index in [1.807, 2.05) is 60.7 Å². The Morgan fingerprint density at radius 3 is 2.33 bits per heavy atom. The molecule has 0 unspecified atom stereocenters. The van der Waals surface area contributed by atoms with Crippen molar-refractivity contribution in [2.75, 3.05) is 19.0 Å². The van der Waals surface area contributed by atoms with Gasteiger partial charge < -0.3 is 19.5 Å². The van der Waals surface area contributed by atoms with E-state index in [2.05, 4.69) is 5.32 Å². The lowest BCUT2D eigenvalue weighted by Gasteiger charge is -2.15. The highest BCUT2D eigenvalue weighted by atomic mass is 16.6. The molecule has 0 aliphatic heterocycles. The summed E-state index contributed by atoms with van der Waals surface area (Å²) in [6.45, 7) is 1.54. The van der Waals surface area contributed by atoms with Crippen LogP contribution in [-0.2, 0) is 16.1 Å². The molecule has 1 N–H and O–H groups in total. The van der Waals surface area contributed by atoms with Gasteiger partial charge in [-0.3, -0.25) is 14.9 Å². The zero-order valence-electron chi connectivity index (χ0n) is 23.4. The molecule has 0 bridgehead atoms. The first-order valence-electron chi connectivity index (χ1n) is 13.3. The quantitative estimate of drug-likeness (QED) is 0.113. The number of hydrogen-bond acceptors (Lipinski definition) is 8. The molecule has 0 radical (unpaired) electrons. The molecule has 0 aliphatic carbocycles. The van der Waals surface area contributed by atoms with Crippen LogP contribution in [0.4, 0.5) is 11.4 Å². The number of esters is 1. The van der Waals surface area contributed by atoms with Crippen LogP contribution in [0, 0.1) is 17.0 Å². The fourth-order valence-electron chi connectivity index (χ4n) is 4.59. The first-order valence-corrected chi connectivity index (χ1v) is 13.3. The van der Waals surface area contributed by atoms with Gasteiger partial charge in [0.1, 0.15) is 23.8 Å². The number of anilines is 1. The zero-order chi connectivity index (χ0) is 30.3. The van der Waals surface area contributed by atoms with Crippen molar-refractivity contribution >= 4 is 34.2 Å². The number of para-hydroxylation sites is 1. The van der Waals surface area contributed by atoms with E-state index in [1.165, 1.54) is 25.3 Å². The SMILES string of the molecule is COc1ccc([N+](=O)[O-])c(NC(=O)COC(=O)c2c(C)c(-c3ccc(OCc4ccccc4)cc3)nc3ccccc23)c1. The zero-order valence-corrected chi connectivity index (χ0v) is 23.4. The molecular weight excluding hydrogens is 550 g/mol. The maximum atomic E-state index is 13.4. The highest BCUT2D eigenvalue weighted by Crippen LogP contribution is 2.32. The van der Waals surface area contributed by atoms with E-state index in [9.17, 15) is 19.7 Å². The molecule has 1 heterocycles. The number of rotatable bonds is 10. The number of ether oxygens (including phenoxy) is 3. The number of nitrogens with one attached hydrogen (secondary N) is 1. The molecule has 1 amide bonds.